The van der Waals surface area contributed by atoms with Gasteiger partial charge in [0, 0.05) is 5.39 Å². The smallest absolute Gasteiger partial charge is 0.400 e. The molecule has 0 unspecified atom stereocenters. The minimum atomic E-state index is -0.546. The third-order valence-electron chi connectivity index (χ3n) is 3.34. The standard InChI is InChI=1S/C16H12N2O4/c17-14(19)9-10-6-7-13-12(8-10)15(16(22-13)18(20)21)11-4-2-1-3-5-11/h1-8H,9H2,(H2,17,19). The third-order valence-corrected chi connectivity index (χ3v) is 3.34. The van der Waals surface area contributed by atoms with Gasteiger partial charge in [-0.1, -0.05) is 36.4 Å². The molecule has 6 nitrogen and oxygen atoms in total. The van der Waals surface area contributed by atoms with E-state index >= 15 is 0 Å². The van der Waals surface area contributed by atoms with E-state index in [0.717, 1.165) is 0 Å². The predicted octanol–water partition coefficient (Wildman–Crippen LogP) is 3.04. The lowest BCUT2D eigenvalue weighted by Gasteiger charge is -2.00. The number of nitro groups is 1. The zero-order valence-electron chi connectivity index (χ0n) is 11.5. The van der Waals surface area contributed by atoms with Crippen molar-refractivity contribution in [1.29, 1.82) is 0 Å². The molecule has 110 valence electrons. The SMILES string of the molecule is NC(=O)Cc1ccc2oc([N+](=O)[O-])c(-c3ccccc3)c2c1. The number of primary amides is 1. The van der Waals surface area contributed by atoms with Crippen LogP contribution < -0.4 is 5.73 Å². The molecule has 0 aliphatic heterocycles. The van der Waals surface area contributed by atoms with Crippen molar-refractivity contribution in [2.45, 2.75) is 6.42 Å². The van der Waals surface area contributed by atoms with Gasteiger partial charge in [0.25, 0.3) is 0 Å². The topological polar surface area (TPSA) is 99.4 Å². The lowest BCUT2D eigenvalue weighted by Crippen LogP contribution is -2.13. The summed E-state index contributed by atoms with van der Waals surface area (Å²) in [7, 11) is 0. The van der Waals surface area contributed by atoms with Crippen molar-refractivity contribution in [3.05, 3.63) is 64.2 Å². The van der Waals surface area contributed by atoms with Gasteiger partial charge in [0.05, 0.1) is 6.42 Å². The molecule has 0 radical (unpaired) electrons. The molecule has 3 aromatic rings. The Bertz CT molecular complexity index is 868. The van der Waals surface area contributed by atoms with Crippen molar-refractivity contribution in [2.75, 3.05) is 0 Å². The molecule has 2 aromatic carbocycles. The van der Waals surface area contributed by atoms with Crippen LogP contribution in [0.1, 0.15) is 5.56 Å². The van der Waals surface area contributed by atoms with E-state index in [4.69, 9.17) is 10.2 Å². The maximum Gasteiger partial charge on any atom is 0.442 e. The molecule has 0 aliphatic carbocycles. The summed E-state index contributed by atoms with van der Waals surface area (Å²) in [4.78, 5) is 21.8. The molecule has 0 saturated heterocycles. The van der Waals surface area contributed by atoms with Gasteiger partial charge in [0.2, 0.25) is 5.91 Å². The zero-order chi connectivity index (χ0) is 15.7. The predicted molar refractivity (Wildman–Crippen MR) is 81.2 cm³/mol. The highest BCUT2D eigenvalue weighted by Gasteiger charge is 2.25. The van der Waals surface area contributed by atoms with E-state index in [1.165, 1.54) is 0 Å². The Balaban J connectivity index is 2.27. The molecule has 0 fully saturated rings. The first kappa shape index (κ1) is 13.8. The third kappa shape index (κ3) is 2.42. The summed E-state index contributed by atoms with van der Waals surface area (Å²) in [5.41, 5.74) is 7.38. The monoisotopic (exact) mass is 296 g/mol. The van der Waals surface area contributed by atoms with Gasteiger partial charge in [0.1, 0.15) is 16.1 Å². The Labute approximate surface area is 125 Å². The number of nitrogens with zero attached hydrogens (tertiary/aromatic N) is 1. The number of fused-ring (bicyclic) bond motifs is 1. The van der Waals surface area contributed by atoms with Gasteiger partial charge in [-0.2, -0.15) is 0 Å². The summed E-state index contributed by atoms with van der Waals surface area (Å²) in [6.45, 7) is 0. The molecule has 0 bridgehead atoms. The number of amides is 1. The largest absolute Gasteiger partial charge is 0.442 e. The van der Waals surface area contributed by atoms with Crippen LogP contribution in [0.25, 0.3) is 22.1 Å². The van der Waals surface area contributed by atoms with E-state index in [0.29, 0.717) is 27.7 Å². The van der Waals surface area contributed by atoms with E-state index in [1.54, 1.807) is 42.5 Å². The Hall–Kier alpha value is -3.15. The fraction of sp³-hybridized carbons (Fsp3) is 0.0625. The quantitative estimate of drug-likeness (QED) is 0.590. The van der Waals surface area contributed by atoms with Gasteiger partial charge in [-0.05, 0) is 23.3 Å². The summed E-state index contributed by atoms with van der Waals surface area (Å²) < 4.78 is 5.36. The van der Waals surface area contributed by atoms with E-state index in [2.05, 4.69) is 0 Å². The van der Waals surface area contributed by atoms with Crippen molar-refractivity contribution in [3.8, 4) is 11.1 Å². The first-order chi connectivity index (χ1) is 10.6. The number of rotatable bonds is 4. The number of nitrogens with two attached hydrogens (primary N) is 1. The van der Waals surface area contributed by atoms with Gasteiger partial charge in [-0.15, -0.1) is 0 Å². The number of carbonyl (C=O) groups is 1. The van der Waals surface area contributed by atoms with Crippen LogP contribution in [0.3, 0.4) is 0 Å². The minimum absolute atomic E-state index is 0.0726. The van der Waals surface area contributed by atoms with Crippen molar-refractivity contribution < 1.29 is 14.1 Å². The van der Waals surface area contributed by atoms with Crippen molar-refractivity contribution in [3.63, 3.8) is 0 Å². The number of benzene rings is 2. The molecule has 0 atom stereocenters. The Morgan fingerprint density at radius 2 is 1.91 bits per heavy atom. The van der Waals surface area contributed by atoms with Crippen LogP contribution in [0.5, 0.6) is 0 Å². The molecule has 3 rings (SSSR count). The average Bonchev–Trinajstić information content (AvgIpc) is 2.86. The van der Waals surface area contributed by atoms with E-state index < -0.39 is 10.8 Å². The van der Waals surface area contributed by atoms with E-state index in [-0.39, 0.29) is 12.3 Å². The second-order valence-corrected chi connectivity index (χ2v) is 4.88. The molecule has 1 heterocycles. The lowest BCUT2D eigenvalue weighted by atomic mass is 10.0. The summed E-state index contributed by atoms with van der Waals surface area (Å²) >= 11 is 0. The maximum absolute atomic E-state index is 11.3. The highest BCUT2D eigenvalue weighted by Crippen LogP contribution is 2.39. The molecular formula is C16H12N2O4. The number of carbonyl (C=O) groups excluding carboxylic acids is 1. The average molecular weight is 296 g/mol. The number of furan rings is 1. The van der Waals surface area contributed by atoms with Gasteiger partial charge < -0.3 is 10.2 Å². The second-order valence-electron chi connectivity index (χ2n) is 4.88. The lowest BCUT2D eigenvalue weighted by molar-refractivity contribution is -0.400. The second kappa shape index (κ2) is 5.33. The molecule has 0 aliphatic rings. The summed E-state index contributed by atoms with van der Waals surface area (Å²) in [5, 5.41) is 11.9. The first-order valence-corrected chi connectivity index (χ1v) is 6.60. The van der Waals surface area contributed by atoms with Crippen molar-refractivity contribution in [2.24, 2.45) is 5.73 Å². The minimum Gasteiger partial charge on any atom is -0.400 e. The first-order valence-electron chi connectivity index (χ1n) is 6.60. The normalized spacial score (nSPS) is 10.7. The van der Waals surface area contributed by atoms with Gasteiger partial charge in [-0.25, -0.2) is 0 Å². The molecule has 0 spiro atoms. The summed E-state index contributed by atoms with van der Waals surface area (Å²) in [6, 6.07) is 14.0. The van der Waals surface area contributed by atoms with Crippen LogP contribution in [0.2, 0.25) is 0 Å². The van der Waals surface area contributed by atoms with Crippen LogP contribution in [-0.4, -0.2) is 10.8 Å². The molecule has 0 saturated carbocycles. The Morgan fingerprint density at radius 1 is 1.18 bits per heavy atom. The van der Waals surface area contributed by atoms with Gasteiger partial charge in [-0.3, -0.25) is 14.9 Å². The van der Waals surface area contributed by atoms with Crippen LogP contribution in [0, 0.1) is 10.1 Å². The fourth-order valence-electron chi connectivity index (χ4n) is 2.46. The van der Waals surface area contributed by atoms with Crippen LogP contribution in [0.15, 0.2) is 52.9 Å². The molecule has 1 amide bonds. The van der Waals surface area contributed by atoms with Crippen molar-refractivity contribution >= 4 is 22.8 Å². The van der Waals surface area contributed by atoms with Gasteiger partial charge >= 0.3 is 5.88 Å². The van der Waals surface area contributed by atoms with Crippen LogP contribution in [-0.2, 0) is 11.2 Å². The number of hydrogen-bond donors (Lipinski definition) is 1. The molecule has 22 heavy (non-hydrogen) atoms. The Morgan fingerprint density at radius 3 is 2.55 bits per heavy atom. The fourth-order valence-corrected chi connectivity index (χ4v) is 2.46. The van der Waals surface area contributed by atoms with Crippen molar-refractivity contribution in [1.82, 2.24) is 0 Å². The highest BCUT2D eigenvalue weighted by atomic mass is 16.6. The molecular weight excluding hydrogens is 284 g/mol. The molecule has 1 aromatic heterocycles. The van der Waals surface area contributed by atoms with E-state index in [1.807, 2.05) is 6.07 Å². The van der Waals surface area contributed by atoms with Crippen LogP contribution >= 0.6 is 0 Å². The van der Waals surface area contributed by atoms with Crippen LogP contribution in [0.4, 0.5) is 5.88 Å². The zero-order valence-corrected chi connectivity index (χ0v) is 11.5. The highest BCUT2D eigenvalue weighted by molar-refractivity contribution is 5.99. The Kier molecular flexibility index (Phi) is 3.34. The molecule has 2 N–H and O–H groups in total. The summed E-state index contributed by atoms with van der Waals surface area (Å²) in [6.07, 6.45) is 0.0726. The van der Waals surface area contributed by atoms with E-state index in [9.17, 15) is 14.9 Å². The molecule has 6 heteroatoms. The van der Waals surface area contributed by atoms with Gasteiger partial charge in [0.15, 0.2) is 0 Å². The summed E-state index contributed by atoms with van der Waals surface area (Å²) in [5.74, 6) is -0.768. The maximum atomic E-state index is 11.3. The number of hydrogen-bond acceptors (Lipinski definition) is 4.